The van der Waals surface area contributed by atoms with Crippen LogP contribution >= 0.6 is 0 Å². The van der Waals surface area contributed by atoms with Gasteiger partial charge in [-0.3, -0.25) is 14.5 Å². The number of Topliss-reactive ketones (excluding diaryl/α,β-unsaturated/α-hetero) is 1. The SMILES string of the molecule is O=C(CN(Cc1ccco1)C1CC1)c1c[nH]c(C(=O)N2CCCC2)c1. The fourth-order valence-electron chi connectivity index (χ4n) is 3.40. The third-order valence-electron chi connectivity index (χ3n) is 4.98. The Kier molecular flexibility index (Phi) is 4.44. The van der Waals surface area contributed by atoms with Crippen LogP contribution in [0.4, 0.5) is 0 Å². The second-order valence-electron chi connectivity index (χ2n) is 6.94. The molecule has 1 aliphatic heterocycles. The lowest BCUT2D eigenvalue weighted by Gasteiger charge is -2.19. The molecule has 2 aromatic rings. The number of H-pyrrole nitrogens is 1. The minimum atomic E-state index is -0.00816. The van der Waals surface area contributed by atoms with Crippen molar-refractivity contribution >= 4 is 11.7 Å². The predicted octanol–water partition coefficient (Wildman–Crippen LogP) is 2.69. The van der Waals surface area contributed by atoms with Gasteiger partial charge in [0, 0.05) is 30.9 Å². The molecule has 0 aromatic carbocycles. The molecule has 0 spiro atoms. The van der Waals surface area contributed by atoms with Crippen molar-refractivity contribution < 1.29 is 14.0 Å². The molecule has 0 bridgehead atoms. The van der Waals surface area contributed by atoms with Crippen LogP contribution in [-0.4, -0.2) is 52.2 Å². The highest BCUT2D eigenvalue weighted by atomic mass is 16.3. The van der Waals surface area contributed by atoms with Crippen LogP contribution in [0.3, 0.4) is 0 Å². The molecule has 3 heterocycles. The molecule has 2 aromatic heterocycles. The molecule has 1 N–H and O–H groups in total. The minimum absolute atomic E-state index is 0.00816. The van der Waals surface area contributed by atoms with Gasteiger partial charge in [0.15, 0.2) is 5.78 Å². The number of rotatable bonds is 7. The Morgan fingerprint density at radius 2 is 2.08 bits per heavy atom. The summed E-state index contributed by atoms with van der Waals surface area (Å²) in [6.45, 7) is 2.60. The van der Waals surface area contributed by atoms with Crippen LogP contribution < -0.4 is 0 Å². The van der Waals surface area contributed by atoms with Crippen molar-refractivity contribution in [2.24, 2.45) is 0 Å². The number of ketones is 1. The fourth-order valence-corrected chi connectivity index (χ4v) is 3.40. The van der Waals surface area contributed by atoms with Crippen LogP contribution in [0.5, 0.6) is 0 Å². The summed E-state index contributed by atoms with van der Waals surface area (Å²) in [7, 11) is 0. The number of likely N-dealkylation sites (tertiary alicyclic amines) is 1. The number of carbonyl (C=O) groups is 2. The van der Waals surface area contributed by atoms with E-state index in [9.17, 15) is 9.59 Å². The molecule has 1 aliphatic carbocycles. The fraction of sp³-hybridized carbons (Fsp3) is 0.474. The minimum Gasteiger partial charge on any atom is -0.468 e. The highest BCUT2D eigenvalue weighted by Gasteiger charge is 2.31. The van der Waals surface area contributed by atoms with E-state index in [1.165, 1.54) is 0 Å². The normalized spacial score (nSPS) is 17.4. The van der Waals surface area contributed by atoms with Gasteiger partial charge < -0.3 is 14.3 Å². The molecule has 132 valence electrons. The highest BCUT2D eigenvalue weighted by molar-refractivity contribution is 6.01. The number of aromatic amines is 1. The summed E-state index contributed by atoms with van der Waals surface area (Å²) >= 11 is 0. The molecule has 0 radical (unpaired) electrons. The summed E-state index contributed by atoms with van der Waals surface area (Å²) in [4.78, 5) is 32.0. The molecule has 0 unspecified atom stereocenters. The smallest absolute Gasteiger partial charge is 0.270 e. The summed E-state index contributed by atoms with van der Waals surface area (Å²) in [5.74, 6) is 0.903. The first-order valence-corrected chi connectivity index (χ1v) is 8.98. The van der Waals surface area contributed by atoms with Gasteiger partial charge in [-0.25, -0.2) is 0 Å². The standard InChI is InChI=1S/C19H23N3O3/c23-18(13-22(15-5-6-15)12-16-4-3-9-25-16)14-10-17(20-11-14)19(24)21-7-1-2-8-21/h3-4,9-11,15,20H,1-2,5-8,12-13H2. The van der Waals surface area contributed by atoms with E-state index < -0.39 is 0 Å². The largest absolute Gasteiger partial charge is 0.468 e. The molecule has 1 saturated heterocycles. The lowest BCUT2D eigenvalue weighted by molar-refractivity contribution is 0.0787. The van der Waals surface area contributed by atoms with Crippen molar-refractivity contribution in [2.45, 2.75) is 38.3 Å². The first kappa shape index (κ1) is 16.1. The van der Waals surface area contributed by atoms with Gasteiger partial charge in [0.1, 0.15) is 11.5 Å². The molecular formula is C19H23N3O3. The summed E-state index contributed by atoms with van der Waals surface area (Å²) in [6.07, 6.45) is 7.68. The van der Waals surface area contributed by atoms with Crippen LogP contribution in [0, 0.1) is 0 Å². The van der Waals surface area contributed by atoms with Gasteiger partial charge in [-0.2, -0.15) is 0 Å². The molecule has 1 saturated carbocycles. The molecule has 0 atom stereocenters. The number of nitrogens with one attached hydrogen (secondary N) is 1. The van der Waals surface area contributed by atoms with Crippen molar-refractivity contribution in [2.75, 3.05) is 19.6 Å². The van der Waals surface area contributed by atoms with Crippen LogP contribution in [0.2, 0.25) is 0 Å². The van der Waals surface area contributed by atoms with Crippen LogP contribution in [0.25, 0.3) is 0 Å². The van der Waals surface area contributed by atoms with Gasteiger partial charge in [-0.05, 0) is 43.9 Å². The second kappa shape index (κ2) is 6.88. The third-order valence-corrected chi connectivity index (χ3v) is 4.98. The highest BCUT2D eigenvalue weighted by Crippen LogP contribution is 2.28. The van der Waals surface area contributed by atoms with Gasteiger partial charge in [-0.1, -0.05) is 0 Å². The Labute approximate surface area is 146 Å². The summed E-state index contributed by atoms with van der Waals surface area (Å²) in [6, 6.07) is 5.95. The Morgan fingerprint density at radius 1 is 1.28 bits per heavy atom. The Morgan fingerprint density at radius 3 is 2.76 bits per heavy atom. The van der Waals surface area contributed by atoms with Crippen LogP contribution in [-0.2, 0) is 6.54 Å². The zero-order valence-electron chi connectivity index (χ0n) is 14.2. The van der Waals surface area contributed by atoms with Crippen molar-refractivity contribution in [3.05, 3.63) is 47.7 Å². The van der Waals surface area contributed by atoms with Crippen molar-refractivity contribution in [1.82, 2.24) is 14.8 Å². The van der Waals surface area contributed by atoms with Gasteiger partial charge in [0.05, 0.1) is 19.4 Å². The predicted molar refractivity (Wildman–Crippen MR) is 92.4 cm³/mol. The monoisotopic (exact) mass is 341 g/mol. The first-order chi connectivity index (χ1) is 12.2. The van der Waals surface area contributed by atoms with E-state index in [1.807, 2.05) is 17.0 Å². The number of hydrogen-bond donors (Lipinski definition) is 1. The molecule has 4 rings (SSSR count). The number of hydrogen-bond acceptors (Lipinski definition) is 4. The molecule has 1 amide bonds. The number of nitrogens with zero attached hydrogens (tertiary/aromatic N) is 2. The Hall–Kier alpha value is -2.34. The number of carbonyl (C=O) groups excluding carboxylic acids is 2. The average Bonchev–Trinajstić information content (AvgIpc) is 3.07. The zero-order chi connectivity index (χ0) is 17.2. The molecule has 6 heteroatoms. The lowest BCUT2D eigenvalue weighted by atomic mass is 10.2. The van der Waals surface area contributed by atoms with Crippen LogP contribution in [0.1, 0.15) is 52.3 Å². The van der Waals surface area contributed by atoms with E-state index in [1.54, 1.807) is 18.5 Å². The van der Waals surface area contributed by atoms with E-state index in [2.05, 4.69) is 9.88 Å². The number of furan rings is 1. The Bertz CT molecular complexity index is 740. The molecule has 2 fully saturated rings. The molecule has 2 aliphatic rings. The topological polar surface area (TPSA) is 69.5 Å². The quantitative estimate of drug-likeness (QED) is 0.786. The van der Waals surface area contributed by atoms with E-state index in [4.69, 9.17) is 4.42 Å². The van der Waals surface area contributed by atoms with Crippen LogP contribution in [0.15, 0.2) is 35.1 Å². The zero-order valence-corrected chi connectivity index (χ0v) is 14.2. The maximum absolute atomic E-state index is 12.7. The maximum atomic E-state index is 12.7. The van der Waals surface area contributed by atoms with Gasteiger partial charge in [0.2, 0.25) is 0 Å². The van der Waals surface area contributed by atoms with Gasteiger partial charge in [-0.15, -0.1) is 0 Å². The summed E-state index contributed by atoms with van der Waals surface area (Å²) in [5, 5.41) is 0. The van der Waals surface area contributed by atoms with E-state index in [0.29, 0.717) is 30.4 Å². The summed E-state index contributed by atoms with van der Waals surface area (Å²) < 4.78 is 5.41. The van der Waals surface area contributed by atoms with E-state index in [0.717, 1.165) is 44.5 Å². The summed E-state index contributed by atoms with van der Waals surface area (Å²) in [5.41, 5.74) is 1.09. The molecular weight excluding hydrogens is 318 g/mol. The maximum Gasteiger partial charge on any atom is 0.270 e. The van der Waals surface area contributed by atoms with Crippen molar-refractivity contribution in [1.29, 1.82) is 0 Å². The van der Waals surface area contributed by atoms with Gasteiger partial charge in [0.25, 0.3) is 5.91 Å². The lowest BCUT2D eigenvalue weighted by Crippen LogP contribution is -2.31. The van der Waals surface area contributed by atoms with E-state index in [-0.39, 0.29) is 11.7 Å². The second-order valence-corrected chi connectivity index (χ2v) is 6.94. The Balaban J connectivity index is 1.40. The average molecular weight is 341 g/mol. The molecule has 25 heavy (non-hydrogen) atoms. The molecule has 6 nitrogen and oxygen atoms in total. The van der Waals surface area contributed by atoms with Crippen molar-refractivity contribution in [3.63, 3.8) is 0 Å². The third kappa shape index (κ3) is 3.69. The first-order valence-electron chi connectivity index (χ1n) is 8.98. The number of aromatic nitrogens is 1. The number of amides is 1. The van der Waals surface area contributed by atoms with Gasteiger partial charge >= 0.3 is 0 Å². The van der Waals surface area contributed by atoms with Crippen molar-refractivity contribution in [3.8, 4) is 0 Å². The van der Waals surface area contributed by atoms with E-state index >= 15 is 0 Å².